The number of nitrogens with one attached hydrogen (secondary N) is 2. The molecule has 1 fully saturated rings. The largest absolute Gasteiger partial charge is 0.338 e. The third-order valence-electron chi connectivity index (χ3n) is 5.87. The number of pyridine rings is 1. The average Bonchev–Trinajstić information content (AvgIpc) is 2.61. The van der Waals surface area contributed by atoms with Crippen molar-refractivity contribution in [2.24, 2.45) is 11.3 Å². The molecule has 1 aromatic heterocycles. The molecule has 1 aromatic rings. The maximum Gasteiger partial charge on any atom is 0.315 e. The van der Waals surface area contributed by atoms with Crippen LogP contribution in [0.5, 0.6) is 0 Å². The molecule has 140 valence electrons. The molecule has 2 N–H and O–H groups in total. The molecule has 2 amide bonds. The number of rotatable bonds is 6. The molecule has 5 heteroatoms. The van der Waals surface area contributed by atoms with E-state index >= 15 is 0 Å². The van der Waals surface area contributed by atoms with Crippen LogP contribution in [0.15, 0.2) is 24.5 Å². The third-order valence-corrected chi connectivity index (χ3v) is 5.87. The van der Waals surface area contributed by atoms with Gasteiger partial charge in [-0.15, -0.1) is 0 Å². The van der Waals surface area contributed by atoms with E-state index in [1.54, 1.807) is 0 Å². The molecule has 0 aromatic carbocycles. The lowest BCUT2D eigenvalue weighted by molar-refractivity contribution is 0.151. The van der Waals surface area contributed by atoms with Crippen molar-refractivity contribution in [3.8, 4) is 0 Å². The molecular weight excluding hydrogens is 312 g/mol. The lowest BCUT2D eigenvalue weighted by atomic mass is 9.81. The second-order valence-electron chi connectivity index (χ2n) is 8.24. The average molecular weight is 347 g/mol. The summed E-state index contributed by atoms with van der Waals surface area (Å²) in [4.78, 5) is 18.7. The molecule has 0 radical (unpaired) electrons. The third kappa shape index (κ3) is 5.70. The van der Waals surface area contributed by atoms with Crippen LogP contribution in [0, 0.1) is 11.3 Å². The van der Waals surface area contributed by atoms with Crippen LogP contribution in [0.25, 0.3) is 0 Å². The van der Waals surface area contributed by atoms with Crippen LogP contribution in [0.1, 0.15) is 59.1 Å². The summed E-state index contributed by atoms with van der Waals surface area (Å²) in [5.41, 5.74) is 1.41. The first kappa shape index (κ1) is 19.7. The second kappa shape index (κ2) is 8.65. The summed E-state index contributed by atoms with van der Waals surface area (Å²) in [7, 11) is 0. The number of hydrogen-bond donors (Lipinski definition) is 2. The molecule has 0 bridgehead atoms. The minimum absolute atomic E-state index is 0.0330. The molecular formula is C20H34N4O. The summed E-state index contributed by atoms with van der Waals surface area (Å²) < 4.78 is 0. The van der Waals surface area contributed by atoms with Crippen LogP contribution in [0.4, 0.5) is 4.79 Å². The van der Waals surface area contributed by atoms with Crippen LogP contribution >= 0.6 is 0 Å². The number of aromatic nitrogens is 1. The molecule has 0 spiro atoms. The number of carbonyl (C=O) groups is 1. The van der Waals surface area contributed by atoms with E-state index in [2.05, 4.69) is 67.3 Å². The Kier molecular flexibility index (Phi) is 6.82. The SMILES string of the molecule is CC(C)C(C)(C)CNC(=O)NC1CCN([C@@H](C)c2ccncc2)CC1. The van der Waals surface area contributed by atoms with Gasteiger partial charge >= 0.3 is 6.03 Å². The van der Waals surface area contributed by atoms with Crippen LogP contribution in [0.3, 0.4) is 0 Å². The van der Waals surface area contributed by atoms with E-state index in [1.165, 1.54) is 5.56 Å². The van der Waals surface area contributed by atoms with Crippen LogP contribution < -0.4 is 10.6 Å². The summed E-state index contributed by atoms with van der Waals surface area (Å²) >= 11 is 0. The number of likely N-dealkylation sites (tertiary alicyclic amines) is 1. The predicted molar refractivity (Wildman–Crippen MR) is 102 cm³/mol. The zero-order valence-corrected chi connectivity index (χ0v) is 16.4. The lowest BCUT2D eigenvalue weighted by Crippen LogP contribution is -2.50. The standard InChI is InChI=1S/C20H34N4O/c1-15(2)20(4,5)14-22-19(25)23-18-8-12-24(13-9-18)16(3)17-6-10-21-11-7-17/h6-7,10-11,15-16,18H,8-9,12-14H2,1-5H3,(H2,22,23,25)/t16-/m0/s1. The highest BCUT2D eigenvalue weighted by Crippen LogP contribution is 2.25. The number of nitrogens with zero attached hydrogens (tertiary/aromatic N) is 2. The fourth-order valence-corrected chi connectivity index (χ4v) is 3.03. The van der Waals surface area contributed by atoms with Crippen molar-refractivity contribution in [1.29, 1.82) is 0 Å². The van der Waals surface area contributed by atoms with Gasteiger partial charge in [-0.2, -0.15) is 0 Å². The van der Waals surface area contributed by atoms with Gasteiger partial charge in [-0.1, -0.05) is 27.7 Å². The minimum Gasteiger partial charge on any atom is -0.338 e. The van der Waals surface area contributed by atoms with Crippen molar-refractivity contribution >= 4 is 6.03 Å². The van der Waals surface area contributed by atoms with Crippen LogP contribution in [-0.4, -0.2) is 41.6 Å². The van der Waals surface area contributed by atoms with Gasteiger partial charge in [-0.3, -0.25) is 9.88 Å². The summed E-state index contributed by atoms with van der Waals surface area (Å²) in [6.45, 7) is 13.7. The van der Waals surface area contributed by atoms with Gasteiger partial charge in [0.2, 0.25) is 0 Å². The summed E-state index contributed by atoms with van der Waals surface area (Å²) in [6, 6.07) is 4.79. The Morgan fingerprint density at radius 2 is 1.84 bits per heavy atom. The maximum absolute atomic E-state index is 12.2. The molecule has 2 rings (SSSR count). The Balaban J connectivity index is 1.74. The zero-order chi connectivity index (χ0) is 18.4. The Hall–Kier alpha value is -1.62. The van der Waals surface area contributed by atoms with Crippen molar-refractivity contribution in [3.63, 3.8) is 0 Å². The van der Waals surface area contributed by atoms with E-state index in [9.17, 15) is 4.79 Å². The Labute approximate surface area is 152 Å². The molecule has 1 aliphatic rings. The monoisotopic (exact) mass is 346 g/mol. The van der Waals surface area contributed by atoms with E-state index in [1.807, 2.05) is 12.4 Å². The lowest BCUT2D eigenvalue weighted by Gasteiger charge is -2.36. The van der Waals surface area contributed by atoms with Crippen LogP contribution in [0.2, 0.25) is 0 Å². The quantitative estimate of drug-likeness (QED) is 0.827. The number of amides is 2. The van der Waals surface area contributed by atoms with E-state index in [0.717, 1.165) is 25.9 Å². The molecule has 0 unspecified atom stereocenters. The Morgan fingerprint density at radius 1 is 1.24 bits per heavy atom. The zero-order valence-electron chi connectivity index (χ0n) is 16.4. The van der Waals surface area contributed by atoms with E-state index in [4.69, 9.17) is 0 Å². The Morgan fingerprint density at radius 3 is 2.40 bits per heavy atom. The van der Waals surface area contributed by atoms with Crippen LogP contribution in [-0.2, 0) is 0 Å². The molecule has 0 aliphatic carbocycles. The normalized spacial score (nSPS) is 18.2. The van der Waals surface area contributed by atoms with Gasteiger partial charge in [0.15, 0.2) is 0 Å². The van der Waals surface area contributed by atoms with E-state index < -0.39 is 0 Å². The van der Waals surface area contributed by atoms with Crippen molar-refractivity contribution in [2.75, 3.05) is 19.6 Å². The highest BCUT2D eigenvalue weighted by atomic mass is 16.2. The highest BCUT2D eigenvalue weighted by molar-refractivity contribution is 5.74. The maximum atomic E-state index is 12.2. The summed E-state index contributed by atoms with van der Waals surface area (Å²) in [6.07, 6.45) is 5.69. The molecule has 2 heterocycles. The van der Waals surface area contributed by atoms with Gasteiger partial charge in [-0.05, 0) is 48.8 Å². The van der Waals surface area contributed by atoms with Crippen molar-refractivity contribution in [2.45, 2.75) is 59.5 Å². The smallest absolute Gasteiger partial charge is 0.315 e. The molecule has 5 nitrogen and oxygen atoms in total. The van der Waals surface area contributed by atoms with Gasteiger partial charge in [0.05, 0.1) is 0 Å². The molecule has 0 saturated carbocycles. The van der Waals surface area contributed by atoms with Crippen molar-refractivity contribution in [1.82, 2.24) is 20.5 Å². The summed E-state index contributed by atoms with van der Waals surface area (Å²) in [5, 5.41) is 6.18. The van der Waals surface area contributed by atoms with Gasteiger partial charge in [0, 0.05) is 44.1 Å². The number of hydrogen-bond acceptors (Lipinski definition) is 3. The van der Waals surface area contributed by atoms with E-state index in [-0.39, 0.29) is 17.5 Å². The van der Waals surface area contributed by atoms with Crippen molar-refractivity contribution < 1.29 is 4.79 Å². The number of urea groups is 1. The van der Waals surface area contributed by atoms with Gasteiger partial charge in [0.25, 0.3) is 0 Å². The first-order chi connectivity index (χ1) is 11.8. The first-order valence-electron chi connectivity index (χ1n) is 9.48. The highest BCUT2D eigenvalue weighted by Gasteiger charge is 2.26. The minimum atomic E-state index is -0.0330. The summed E-state index contributed by atoms with van der Waals surface area (Å²) in [5.74, 6) is 0.533. The number of carbonyl (C=O) groups excluding carboxylic acids is 1. The molecule has 1 saturated heterocycles. The fourth-order valence-electron chi connectivity index (χ4n) is 3.03. The fraction of sp³-hybridized carbons (Fsp3) is 0.700. The van der Waals surface area contributed by atoms with Gasteiger partial charge in [-0.25, -0.2) is 4.79 Å². The first-order valence-corrected chi connectivity index (χ1v) is 9.48. The Bertz CT molecular complexity index is 536. The second-order valence-corrected chi connectivity index (χ2v) is 8.24. The van der Waals surface area contributed by atoms with E-state index in [0.29, 0.717) is 18.5 Å². The molecule has 1 atom stereocenters. The molecule has 1 aliphatic heterocycles. The number of piperidine rings is 1. The predicted octanol–water partition coefficient (Wildman–Crippen LogP) is 3.59. The topological polar surface area (TPSA) is 57.3 Å². The molecule has 25 heavy (non-hydrogen) atoms. The van der Waals surface area contributed by atoms with Crippen molar-refractivity contribution in [3.05, 3.63) is 30.1 Å². The van der Waals surface area contributed by atoms with Gasteiger partial charge < -0.3 is 10.6 Å². The van der Waals surface area contributed by atoms with Gasteiger partial charge in [0.1, 0.15) is 0 Å².